The number of hydrogen-bond donors (Lipinski definition) is 2. The highest BCUT2D eigenvalue weighted by Crippen LogP contribution is 2.40. The van der Waals surface area contributed by atoms with Gasteiger partial charge in [0.15, 0.2) is 0 Å². The monoisotopic (exact) mass is 664 g/mol. The molecule has 2 aromatic carbocycles. The summed E-state index contributed by atoms with van der Waals surface area (Å²) < 4.78 is 11.4. The first-order valence-electron chi connectivity index (χ1n) is 17.2. The second kappa shape index (κ2) is 12.9. The fourth-order valence-corrected chi connectivity index (χ4v) is 6.75. The molecule has 258 valence electrons. The lowest BCUT2D eigenvalue weighted by atomic mass is 10.0. The highest BCUT2D eigenvalue weighted by Gasteiger charge is 2.43. The number of benzene rings is 2. The van der Waals surface area contributed by atoms with Crippen LogP contribution >= 0.6 is 0 Å². The Kier molecular flexibility index (Phi) is 8.99. The van der Waals surface area contributed by atoms with Gasteiger partial charge in [0.05, 0.1) is 30.2 Å². The minimum absolute atomic E-state index is 0.0403. The molecule has 5 atom stereocenters. The Morgan fingerprint density at radius 3 is 2.18 bits per heavy atom. The van der Waals surface area contributed by atoms with Gasteiger partial charge in [-0.05, 0) is 108 Å². The van der Waals surface area contributed by atoms with Gasteiger partial charge in [-0.3, -0.25) is 9.80 Å². The van der Waals surface area contributed by atoms with E-state index in [0.717, 1.165) is 52.1 Å². The van der Waals surface area contributed by atoms with Gasteiger partial charge in [0.25, 0.3) is 0 Å². The Morgan fingerprint density at radius 2 is 1.45 bits per heavy atom. The summed E-state index contributed by atoms with van der Waals surface area (Å²) in [5.74, 6) is 8.64. The van der Waals surface area contributed by atoms with E-state index in [1.165, 1.54) is 0 Å². The van der Waals surface area contributed by atoms with Crippen LogP contribution in [0.5, 0.6) is 0 Å². The summed E-state index contributed by atoms with van der Waals surface area (Å²) in [4.78, 5) is 45.8. The number of amides is 2. The van der Waals surface area contributed by atoms with E-state index in [1.54, 1.807) is 11.1 Å². The molecule has 2 fully saturated rings. The molecule has 2 saturated heterocycles. The third-order valence-corrected chi connectivity index (χ3v) is 9.25. The summed E-state index contributed by atoms with van der Waals surface area (Å²) in [6, 6.07) is 12.1. The molecule has 2 aliphatic rings. The van der Waals surface area contributed by atoms with Crippen LogP contribution in [0.2, 0.25) is 0 Å². The number of aromatic nitrogens is 4. The smallest absolute Gasteiger partial charge is 0.411 e. The van der Waals surface area contributed by atoms with Crippen molar-refractivity contribution in [2.75, 3.05) is 6.54 Å². The standard InChI is InChI=1S/C39H48N6O4/c1-23-16-32(44(22-23)36(46)48-38(4,5)6)34-41-21-31(43-34)29-14-13-27-18-26(10-12-28(27)19-29)11-15-30-20-40-35(42-30)33-17-24(2)25(3)45(33)37(47)49-39(7,8)9/h10,12-14,18-21,23-25,32-33H,16-17,22H2,1-9H3,(H,40,42)(H,41,43)/t23-,24-,25-,32+,33+/m1/s1. The van der Waals surface area contributed by atoms with Gasteiger partial charge in [0, 0.05) is 23.7 Å². The Labute approximate surface area is 289 Å². The highest BCUT2D eigenvalue weighted by atomic mass is 16.6. The molecule has 10 nitrogen and oxygen atoms in total. The van der Waals surface area contributed by atoms with Crippen molar-refractivity contribution in [1.82, 2.24) is 29.7 Å². The lowest BCUT2D eigenvalue weighted by Gasteiger charge is -2.31. The van der Waals surface area contributed by atoms with Crippen molar-refractivity contribution in [1.29, 1.82) is 0 Å². The number of carbonyl (C=O) groups is 2. The van der Waals surface area contributed by atoms with Crippen molar-refractivity contribution in [2.45, 2.75) is 104 Å². The maximum Gasteiger partial charge on any atom is 0.411 e. The number of nitrogens with zero attached hydrogens (tertiary/aromatic N) is 4. The van der Waals surface area contributed by atoms with Gasteiger partial charge in [-0.1, -0.05) is 38.0 Å². The lowest BCUT2D eigenvalue weighted by Crippen LogP contribution is -2.41. The van der Waals surface area contributed by atoms with Crippen LogP contribution in [0.3, 0.4) is 0 Å². The van der Waals surface area contributed by atoms with Crippen molar-refractivity contribution in [3.63, 3.8) is 0 Å². The third kappa shape index (κ3) is 7.61. The molecule has 0 unspecified atom stereocenters. The molecule has 0 radical (unpaired) electrons. The van der Waals surface area contributed by atoms with Crippen LogP contribution in [-0.2, 0) is 9.47 Å². The molecular weight excluding hydrogens is 616 g/mol. The molecule has 2 aliphatic heterocycles. The lowest BCUT2D eigenvalue weighted by molar-refractivity contribution is 0.0139. The second-order valence-corrected chi connectivity index (χ2v) is 15.7. The summed E-state index contributed by atoms with van der Waals surface area (Å²) in [5, 5.41) is 2.16. The molecule has 4 heterocycles. The van der Waals surface area contributed by atoms with Crippen LogP contribution in [-0.4, -0.2) is 65.7 Å². The number of H-pyrrole nitrogens is 2. The van der Waals surface area contributed by atoms with Crippen molar-refractivity contribution in [3.8, 4) is 23.1 Å². The highest BCUT2D eigenvalue weighted by molar-refractivity contribution is 5.88. The fraction of sp³-hybridized carbons (Fsp3) is 0.487. The van der Waals surface area contributed by atoms with Crippen LogP contribution in [0.25, 0.3) is 22.0 Å². The first-order valence-corrected chi connectivity index (χ1v) is 17.2. The van der Waals surface area contributed by atoms with Gasteiger partial charge in [-0.25, -0.2) is 19.6 Å². The Bertz CT molecular complexity index is 1920. The molecule has 0 spiro atoms. The SMILES string of the molecule is C[C@@H]1C[C@@H](c2ncc(-c3ccc4cc(C#Cc5cnc([C@@H]6C[C@@H](C)[C@@H](C)N6C(=O)OC(C)(C)C)[nH]5)ccc4c3)[nH]2)N(C(=O)OC(C)(C)C)C1. The first-order chi connectivity index (χ1) is 23.0. The third-order valence-electron chi connectivity index (χ3n) is 9.25. The number of imidazole rings is 2. The van der Waals surface area contributed by atoms with Gasteiger partial charge < -0.3 is 19.4 Å². The number of ether oxygens (including phenoxy) is 2. The molecule has 0 bridgehead atoms. The number of likely N-dealkylation sites (tertiary alicyclic amines) is 2. The number of nitrogens with one attached hydrogen (secondary N) is 2. The van der Waals surface area contributed by atoms with E-state index >= 15 is 0 Å². The molecule has 49 heavy (non-hydrogen) atoms. The van der Waals surface area contributed by atoms with Crippen molar-refractivity contribution >= 4 is 23.0 Å². The van der Waals surface area contributed by atoms with Crippen LogP contribution in [0.1, 0.15) is 110 Å². The fourth-order valence-electron chi connectivity index (χ4n) is 6.75. The Balaban J connectivity index is 1.16. The Hall–Kier alpha value is -4.78. The molecule has 4 aromatic rings. The van der Waals surface area contributed by atoms with Gasteiger partial charge >= 0.3 is 12.2 Å². The van der Waals surface area contributed by atoms with Crippen LogP contribution in [0.4, 0.5) is 9.59 Å². The predicted molar refractivity (Wildman–Crippen MR) is 190 cm³/mol. The summed E-state index contributed by atoms with van der Waals surface area (Å²) in [7, 11) is 0. The van der Waals surface area contributed by atoms with E-state index in [2.05, 4.69) is 82.9 Å². The van der Waals surface area contributed by atoms with Gasteiger partial charge in [-0.15, -0.1) is 0 Å². The molecule has 0 aliphatic carbocycles. The average Bonchev–Trinajstić information content (AvgIpc) is 3.81. The number of fused-ring (bicyclic) bond motifs is 1. The number of carbonyl (C=O) groups excluding carboxylic acids is 2. The predicted octanol–water partition coefficient (Wildman–Crippen LogP) is 8.38. The van der Waals surface area contributed by atoms with Crippen LogP contribution in [0, 0.1) is 23.7 Å². The van der Waals surface area contributed by atoms with Crippen LogP contribution in [0.15, 0.2) is 48.8 Å². The summed E-state index contributed by atoms with van der Waals surface area (Å²) in [6.07, 6.45) is 4.58. The Morgan fingerprint density at radius 1 is 0.796 bits per heavy atom. The summed E-state index contributed by atoms with van der Waals surface area (Å²) in [6.45, 7) is 18.3. The molecule has 2 N–H and O–H groups in total. The van der Waals surface area contributed by atoms with E-state index < -0.39 is 11.2 Å². The average molecular weight is 665 g/mol. The largest absolute Gasteiger partial charge is 0.444 e. The quantitative estimate of drug-likeness (QED) is 0.213. The number of rotatable bonds is 3. The molecule has 6 rings (SSSR count). The van der Waals surface area contributed by atoms with E-state index in [4.69, 9.17) is 9.47 Å². The zero-order valence-corrected chi connectivity index (χ0v) is 30.0. The van der Waals surface area contributed by atoms with E-state index in [9.17, 15) is 9.59 Å². The van der Waals surface area contributed by atoms with Crippen LogP contribution < -0.4 is 0 Å². The second-order valence-electron chi connectivity index (χ2n) is 15.7. The number of aromatic amines is 2. The summed E-state index contributed by atoms with van der Waals surface area (Å²) in [5.41, 5.74) is 2.37. The molecule has 2 aromatic heterocycles. The summed E-state index contributed by atoms with van der Waals surface area (Å²) >= 11 is 0. The maximum absolute atomic E-state index is 13.1. The van der Waals surface area contributed by atoms with E-state index in [1.807, 2.05) is 58.7 Å². The minimum atomic E-state index is -0.571. The van der Waals surface area contributed by atoms with E-state index in [-0.39, 0.29) is 30.3 Å². The molecule has 2 amide bonds. The molecule has 0 saturated carbocycles. The molecule has 10 heteroatoms. The van der Waals surface area contributed by atoms with Gasteiger partial charge in [-0.2, -0.15) is 0 Å². The van der Waals surface area contributed by atoms with Gasteiger partial charge in [0.1, 0.15) is 28.5 Å². The van der Waals surface area contributed by atoms with Crippen molar-refractivity contribution in [2.24, 2.45) is 11.8 Å². The zero-order valence-electron chi connectivity index (χ0n) is 30.0. The number of hydrogen-bond acceptors (Lipinski definition) is 6. The minimum Gasteiger partial charge on any atom is -0.444 e. The maximum atomic E-state index is 13.1. The molecular formula is C39H48N6O4. The van der Waals surface area contributed by atoms with E-state index in [0.29, 0.717) is 24.1 Å². The van der Waals surface area contributed by atoms with Crippen molar-refractivity contribution in [3.05, 3.63) is 71.7 Å². The van der Waals surface area contributed by atoms with Crippen molar-refractivity contribution < 1.29 is 19.1 Å². The zero-order chi connectivity index (χ0) is 35.2. The first kappa shape index (κ1) is 34.1. The normalized spacial score (nSPS) is 22.7. The topological polar surface area (TPSA) is 116 Å². The van der Waals surface area contributed by atoms with Gasteiger partial charge in [0.2, 0.25) is 0 Å².